The third-order valence-corrected chi connectivity index (χ3v) is 5.17. The van der Waals surface area contributed by atoms with E-state index in [0.29, 0.717) is 16.3 Å². The topological polar surface area (TPSA) is 136 Å². The maximum absolute atomic E-state index is 13.1. The normalized spacial score (nSPS) is 15.7. The van der Waals surface area contributed by atoms with Crippen LogP contribution in [-0.4, -0.2) is 43.9 Å². The lowest BCUT2D eigenvalue weighted by Crippen LogP contribution is -2.45. The second-order valence-electron chi connectivity index (χ2n) is 7.27. The van der Waals surface area contributed by atoms with E-state index in [2.05, 4.69) is 9.97 Å². The van der Waals surface area contributed by atoms with Gasteiger partial charge in [-0.15, -0.1) is 0 Å². The summed E-state index contributed by atoms with van der Waals surface area (Å²) in [6.07, 6.45) is 2.10. The van der Waals surface area contributed by atoms with Crippen LogP contribution in [0.4, 0.5) is 4.79 Å². The van der Waals surface area contributed by atoms with Crippen molar-refractivity contribution in [1.29, 1.82) is 0 Å². The molecule has 0 aliphatic carbocycles. The number of carbonyl (C=O) groups is 3. The third kappa shape index (κ3) is 4.42. The van der Waals surface area contributed by atoms with Crippen molar-refractivity contribution in [2.24, 2.45) is 5.73 Å². The first-order chi connectivity index (χ1) is 16.0. The molecule has 3 aromatic rings. The van der Waals surface area contributed by atoms with E-state index in [1.165, 1.54) is 12.4 Å². The van der Waals surface area contributed by atoms with Gasteiger partial charge in [0.25, 0.3) is 5.91 Å². The van der Waals surface area contributed by atoms with Gasteiger partial charge in [-0.3, -0.25) is 14.8 Å². The lowest BCUT2D eigenvalue weighted by Gasteiger charge is -2.21. The van der Waals surface area contributed by atoms with Gasteiger partial charge in [0.15, 0.2) is 11.7 Å². The molecule has 33 heavy (non-hydrogen) atoms. The smallest absolute Gasteiger partial charge is 0.348 e. The highest BCUT2D eigenvalue weighted by atomic mass is 16.5. The van der Waals surface area contributed by atoms with Crippen LogP contribution in [0.25, 0.3) is 0 Å². The van der Waals surface area contributed by atoms with E-state index in [-0.39, 0.29) is 6.42 Å². The van der Waals surface area contributed by atoms with E-state index < -0.39 is 41.4 Å². The molecule has 3 N–H and O–H groups in total. The number of carbonyl (C=O) groups excluding carboxylic acids is 3. The molecular weight excluding hydrogens is 424 g/mol. The minimum Gasteiger partial charge on any atom is -0.509 e. The fourth-order valence-electron chi connectivity index (χ4n) is 3.63. The van der Waals surface area contributed by atoms with E-state index in [0.717, 1.165) is 5.56 Å². The Morgan fingerprint density at radius 3 is 2.06 bits per heavy atom. The van der Waals surface area contributed by atoms with Crippen molar-refractivity contribution in [3.8, 4) is 0 Å². The molecule has 9 nitrogen and oxygen atoms in total. The van der Waals surface area contributed by atoms with E-state index in [4.69, 9.17) is 10.5 Å². The number of benzene rings is 1. The fraction of sp³-hybridized carbons (Fsp3) is 0.125. The number of primary amides is 1. The van der Waals surface area contributed by atoms with E-state index in [9.17, 15) is 19.5 Å². The molecule has 3 amide bonds. The summed E-state index contributed by atoms with van der Waals surface area (Å²) in [5.41, 5.74) is 6.24. The second kappa shape index (κ2) is 9.31. The van der Waals surface area contributed by atoms with Crippen LogP contribution < -0.4 is 5.73 Å². The van der Waals surface area contributed by atoms with Crippen LogP contribution in [0.3, 0.4) is 0 Å². The number of imide groups is 1. The molecule has 3 heterocycles. The van der Waals surface area contributed by atoms with Gasteiger partial charge in [-0.25, -0.2) is 14.5 Å². The Hall–Kier alpha value is -4.53. The maximum Gasteiger partial charge on any atom is 0.348 e. The zero-order valence-corrected chi connectivity index (χ0v) is 17.4. The molecule has 0 saturated heterocycles. The predicted molar refractivity (Wildman–Crippen MR) is 116 cm³/mol. The lowest BCUT2D eigenvalue weighted by molar-refractivity contribution is -0.145. The number of aliphatic hydroxyl groups excluding tert-OH is 1. The van der Waals surface area contributed by atoms with Crippen molar-refractivity contribution < 1.29 is 24.2 Å². The van der Waals surface area contributed by atoms with Gasteiger partial charge in [-0.1, -0.05) is 42.5 Å². The molecular formula is C24H20N4O5. The van der Waals surface area contributed by atoms with Gasteiger partial charge in [-0.05, 0) is 29.8 Å². The number of ether oxygens (including phenoxy) is 1. The third-order valence-electron chi connectivity index (χ3n) is 5.17. The number of hydrogen-bond donors (Lipinski definition) is 2. The first-order valence-corrected chi connectivity index (χ1v) is 10.1. The van der Waals surface area contributed by atoms with Crippen LogP contribution in [0.5, 0.6) is 0 Å². The number of urea groups is 1. The van der Waals surface area contributed by atoms with Crippen LogP contribution in [0.1, 0.15) is 23.1 Å². The number of rotatable bonds is 6. The Labute approximate surface area is 189 Å². The number of hydrogen-bond acceptors (Lipinski definition) is 7. The summed E-state index contributed by atoms with van der Waals surface area (Å²) in [4.78, 5) is 47.1. The molecule has 1 aliphatic heterocycles. The van der Waals surface area contributed by atoms with Crippen LogP contribution in [0.2, 0.25) is 0 Å². The second-order valence-corrected chi connectivity index (χ2v) is 7.27. The van der Waals surface area contributed by atoms with Crippen molar-refractivity contribution >= 4 is 17.9 Å². The Morgan fingerprint density at radius 1 is 0.970 bits per heavy atom. The van der Waals surface area contributed by atoms with E-state index >= 15 is 0 Å². The Bertz CT molecular complexity index is 1160. The standard InChI is InChI=1S/C24H20N4O5/c25-24(32)28-18(14-15-8-2-1-3-9-15)20(29)19(22(28)30)23(31)33-21(16-10-4-6-12-26-16)17-11-5-7-13-27-17/h1-13,18,21,29H,14H2,(H2,25,32). The summed E-state index contributed by atoms with van der Waals surface area (Å²) < 4.78 is 5.59. The van der Waals surface area contributed by atoms with Crippen molar-refractivity contribution in [3.63, 3.8) is 0 Å². The average Bonchev–Trinajstić information content (AvgIpc) is 3.08. The summed E-state index contributed by atoms with van der Waals surface area (Å²) >= 11 is 0. The minimum absolute atomic E-state index is 0.0854. The number of pyridine rings is 2. The van der Waals surface area contributed by atoms with Gasteiger partial charge >= 0.3 is 12.0 Å². The van der Waals surface area contributed by atoms with Crippen LogP contribution in [-0.2, 0) is 20.7 Å². The fourth-order valence-corrected chi connectivity index (χ4v) is 3.63. The van der Waals surface area contributed by atoms with Crippen LogP contribution >= 0.6 is 0 Å². The molecule has 1 aromatic carbocycles. The molecule has 0 saturated carbocycles. The van der Waals surface area contributed by atoms with Gasteiger partial charge in [0.1, 0.15) is 11.8 Å². The monoisotopic (exact) mass is 444 g/mol. The quantitative estimate of drug-likeness (QED) is 0.440. The Kier molecular flexibility index (Phi) is 6.12. The highest BCUT2D eigenvalue weighted by Crippen LogP contribution is 2.30. The van der Waals surface area contributed by atoms with Gasteiger partial charge in [0, 0.05) is 18.8 Å². The molecule has 9 heteroatoms. The summed E-state index contributed by atoms with van der Waals surface area (Å²) in [5.74, 6) is -2.71. The van der Waals surface area contributed by atoms with Crippen molar-refractivity contribution in [2.75, 3.05) is 0 Å². The number of nitrogens with zero attached hydrogens (tertiary/aromatic N) is 3. The average molecular weight is 444 g/mol. The molecule has 2 aromatic heterocycles. The van der Waals surface area contributed by atoms with Gasteiger partial charge in [-0.2, -0.15) is 0 Å². The van der Waals surface area contributed by atoms with Gasteiger partial charge in [0.05, 0.1) is 11.4 Å². The summed E-state index contributed by atoms with van der Waals surface area (Å²) in [6, 6.07) is 16.8. The number of amides is 3. The maximum atomic E-state index is 13.1. The molecule has 1 aliphatic rings. The number of aliphatic hydroxyl groups is 1. The van der Waals surface area contributed by atoms with E-state index in [1.54, 1.807) is 60.7 Å². The number of nitrogens with two attached hydrogens (primary N) is 1. The highest BCUT2D eigenvalue weighted by Gasteiger charge is 2.46. The molecule has 1 atom stereocenters. The van der Waals surface area contributed by atoms with Crippen LogP contribution in [0, 0.1) is 0 Å². The summed E-state index contributed by atoms with van der Waals surface area (Å²) in [5, 5.41) is 10.8. The molecule has 1 unspecified atom stereocenters. The minimum atomic E-state index is -1.12. The first-order valence-electron chi connectivity index (χ1n) is 10.1. The molecule has 0 radical (unpaired) electrons. The Balaban J connectivity index is 1.67. The number of aromatic nitrogens is 2. The molecule has 0 fully saturated rings. The zero-order valence-electron chi connectivity index (χ0n) is 17.4. The van der Waals surface area contributed by atoms with Crippen LogP contribution in [0.15, 0.2) is 90.5 Å². The SMILES string of the molecule is NC(=O)N1C(=O)C(C(=O)OC(c2ccccn2)c2ccccn2)=C(O)C1Cc1ccccc1. The lowest BCUT2D eigenvalue weighted by atomic mass is 10.0. The largest absolute Gasteiger partial charge is 0.509 e. The zero-order chi connectivity index (χ0) is 23.4. The van der Waals surface area contributed by atoms with Gasteiger partial charge < -0.3 is 15.6 Å². The van der Waals surface area contributed by atoms with Crippen molar-refractivity contribution in [1.82, 2.24) is 14.9 Å². The number of esters is 1. The van der Waals surface area contributed by atoms with E-state index in [1.807, 2.05) is 6.07 Å². The first kappa shape index (κ1) is 21.7. The Morgan fingerprint density at radius 2 is 1.55 bits per heavy atom. The molecule has 0 spiro atoms. The summed E-state index contributed by atoms with van der Waals surface area (Å²) in [6.45, 7) is 0. The van der Waals surface area contributed by atoms with Gasteiger partial charge in [0.2, 0.25) is 0 Å². The van der Waals surface area contributed by atoms with Crippen molar-refractivity contribution in [3.05, 3.63) is 107 Å². The van der Waals surface area contributed by atoms with Crippen molar-refractivity contribution in [2.45, 2.75) is 18.6 Å². The predicted octanol–water partition coefficient (Wildman–Crippen LogP) is 2.45. The highest BCUT2D eigenvalue weighted by molar-refractivity contribution is 6.22. The molecule has 166 valence electrons. The molecule has 0 bridgehead atoms. The molecule has 4 rings (SSSR count). The summed E-state index contributed by atoms with van der Waals surface area (Å²) in [7, 11) is 0.